The molecule has 0 spiro atoms. The number of H-pyrrole nitrogens is 1. The van der Waals surface area contributed by atoms with Gasteiger partial charge in [-0.1, -0.05) is 13.3 Å². The Hall–Kier alpha value is -0.990. The summed E-state index contributed by atoms with van der Waals surface area (Å²) in [5.74, 6) is 0. The molecule has 1 heterocycles. The van der Waals surface area contributed by atoms with Crippen molar-refractivity contribution in [1.82, 2.24) is 9.78 Å². The van der Waals surface area contributed by atoms with Crippen molar-refractivity contribution < 1.29 is 0 Å². The summed E-state index contributed by atoms with van der Waals surface area (Å²) in [7, 11) is 0. The highest BCUT2D eigenvalue weighted by atomic mass is 16.1. The highest BCUT2D eigenvalue weighted by Crippen LogP contribution is 2.07. The van der Waals surface area contributed by atoms with Crippen LogP contribution in [0.25, 0.3) is 0 Å². The molecule has 3 heteroatoms. The minimum atomic E-state index is 0.158. The molecular formula is C11H20N2O. The molecule has 0 bridgehead atoms. The molecule has 0 fully saturated rings. The summed E-state index contributed by atoms with van der Waals surface area (Å²) in [6.07, 6.45) is 3.12. The molecule has 1 aromatic rings. The molecular weight excluding hydrogens is 176 g/mol. The molecule has 0 radical (unpaired) electrons. The lowest BCUT2D eigenvalue weighted by Crippen LogP contribution is -2.20. The topological polar surface area (TPSA) is 37.8 Å². The third kappa shape index (κ3) is 2.08. The van der Waals surface area contributed by atoms with Gasteiger partial charge in [-0.15, -0.1) is 0 Å². The highest BCUT2D eigenvalue weighted by Gasteiger charge is 2.11. The monoisotopic (exact) mass is 196 g/mol. The van der Waals surface area contributed by atoms with Crippen molar-refractivity contribution in [2.75, 3.05) is 0 Å². The van der Waals surface area contributed by atoms with Crippen LogP contribution in [0.1, 0.15) is 50.9 Å². The van der Waals surface area contributed by atoms with Gasteiger partial charge in [-0.05, 0) is 33.6 Å². The Bertz CT molecular complexity index is 347. The Labute approximate surface area is 85.1 Å². The molecule has 0 saturated heterocycles. The fourth-order valence-corrected chi connectivity index (χ4v) is 1.62. The number of hydrogen-bond acceptors (Lipinski definition) is 1. The van der Waals surface area contributed by atoms with Crippen LogP contribution in [-0.4, -0.2) is 9.78 Å². The summed E-state index contributed by atoms with van der Waals surface area (Å²) < 4.78 is 1.71. The lowest BCUT2D eigenvalue weighted by Gasteiger charge is -2.03. The second-order valence-electron chi connectivity index (χ2n) is 4.09. The normalized spacial score (nSPS) is 11.2. The first-order valence-electron chi connectivity index (χ1n) is 5.37. The standard InChI is InChI=1S/C11H20N2O/c1-5-6-7-10-9(4)12-13(8(2)3)11(10)14/h8,12H,5-7H2,1-4H3. The molecule has 80 valence electrons. The number of nitrogens with one attached hydrogen (secondary N) is 1. The SMILES string of the molecule is CCCCc1c(C)[nH]n(C(C)C)c1=O. The van der Waals surface area contributed by atoms with E-state index >= 15 is 0 Å². The zero-order valence-corrected chi connectivity index (χ0v) is 9.55. The number of aromatic amines is 1. The van der Waals surface area contributed by atoms with Crippen molar-refractivity contribution in [2.45, 2.75) is 53.0 Å². The maximum atomic E-state index is 11.9. The van der Waals surface area contributed by atoms with Crippen LogP contribution in [0.3, 0.4) is 0 Å². The second kappa shape index (κ2) is 4.49. The van der Waals surface area contributed by atoms with Gasteiger partial charge in [0.1, 0.15) is 0 Å². The Morgan fingerprint density at radius 2 is 2.07 bits per heavy atom. The van der Waals surface area contributed by atoms with Crippen molar-refractivity contribution in [3.63, 3.8) is 0 Å². The van der Waals surface area contributed by atoms with E-state index in [9.17, 15) is 4.79 Å². The van der Waals surface area contributed by atoms with Crippen LogP contribution in [0.5, 0.6) is 0 Å². The summed E-state index contributed by atoms with van der Waals surface area (Å²) in [5, 5.41) is 3.13. The van der Waals surface area contributed by atoms with Crippen LogP contribution in [0.4, 0.5) is 0 Å². The molecule has 0 aromatic carbocycles. The Morgan fingerprint density at radius 3 is 2.50 bits per heavy atom. The van der Waals surface area contributed by atoms with Crippen LogP contribution in [0, 0.1) is 6.92 Å². The lowest BCUT2D eigenvalue weighted by molar-refractivity contribution is 0.513. The maximum Gasteiger partial charge on any atom is 0.270 e. The van der Waals surface area contributed by atoms with Gasteiger partial charge < -0.3 is 0 Å². The van der Waals surface area contributed by atoms with Gasteiger partial charge >= 0.3 is 0 Å². The van der Waals surface area contributed by atoms with E-state index in [4.69, 9.17) is 0 Å². The summed E-state index contributed by atoms with van der Waals surface area (Å²) in [4.78, 5) is 11.9. The molecule has 1 N–H and O–H groups in total. The smallest absolute Gasteiger partial charge is 0.270 e. The largest absolute Gasteiger partial charge is 0.299 e. The van der Waals surface area contributed by atoms with Gasteiger partial charge in [-0.2, -0.15) is 0 Å². The predicted octanol–water partition coefficient (Wildman–Crippen LogP) is 2.41. The lowest BCUT2D eigenvalue weighted by atomic mass is 10.1. The Morgan fingerprint density at radius 1 is 1.43 bits per heavy atom. The van der Waals surface area contributed by atoms with Gasteiger partial charge in [0.05, 0.1) is 0 Å². The fraction of sp³-hybridized carbons (Fsp3) is 0.727. The van der Waals surface area contributed by atoms with Crippen molar-refractivity contribution in [2.24, 2.45) is 0 Å². The summed E-state index contributed by atoms with van der Waals surface area (Å²) in [5.41, 5.74) is 2.14. The Kier molecular flexibility index (Phi) is 3.55. The Balaban J connectivity index is 2.99. The van der Waals surface area contributed by atoms with Crippen molar-refractivity contribution in [1.29, 1.82) is 0 Å². The molecule has 14 heavy (non-hydrogen) atoms. The molecule has 1 aromatic heterocycles. The summed E-state index contributed by atoms with van der Waals surface area (Å²) >= 11 is 0. The molecule has 3 nitrogen and oxygen atoms in total. The number of rotatable bonds is 4. The van der Waals surface area contributed by atoms with Crippen LogP contribution >= 0.6 is 0 Å². The van der Waals surface area contributed by atoms with E-state index < -0.39 is 0 Å². The third-order valence-corrected chi connectivity index (χ3v) is 2.51. The van der Waals surface area contributed by atoms with Gasteiger partial charge in [0.15, 0.2) is 0 Å². The minimum Gasteiger partial charge on any atom is -0.299 e. The van der Waals surface area contributed by atoms with E-state index in [0.717, 1.165) is 30.5 Å². The fourth-order valence-electron chi connectivity index (χ4n) is 1.62. The third-order valence-electron chi connectivity index (χ3n) is 2.51. The number of hydrogen-bond donors (Lipinski definition) is 1. The maximum absolute atomic E-state index is 11.9. The predicted molar refractivity (Wildman–Crippen MR) is 58.8 cm³/mol. The van der Waals surface area contributed by atoms with Gasteiger partial charge in [-0.3, -0.25) is 14.6 Å². The molecule has 0 aliphatic carbocycles. The molecule has 0 amide bonds. The quantitative estimate of drug-likeness (QED) is 0.789. The second-order valence-corrected chi connectivity index (χ2v) is 4.09. The molecule has 0 saturated carbocycles. The number of aryl methyl sites for hydroxylation is 1. The number of aromatic nitrogens is 2. The average molecular weight is 196 g/mol. The zero-order valence-electron chi connectivity index (χ0n) is 9.55. The van der Waals surface area contributed by atoms with E-state index in [1.165, 1.54) is 0 Å². The molecule has 0 unspecified atom stereocenters. The molecule has 0 aliphatic rings. The van der Waals surface area contributed by atoms with E-state index in [0.29, 0.717) is 0 Å². The summed E-state index contributed by atoms with van der Waals surface area (Å²) in [6, 6.07) is 0.219. The van der Waals surface area contributed by atoms with Gasteiger partial charge in [-0.25, -0.2) is 0 Å². The molecule has 1 rings (SSSR count). The first-order chi connectivity index (χ1) is 6.57. The number of unbranched alkanes of at least 4 members (excludes halogenated alkanes) is 1. The van der Waals surface area contributed by atoms with Crippen molar-refractivity contribution in [3.8, 4) is 0 Å². The van der Waals surface area contributed by atoms with Gasteiger partial charge in [0.2, 0.25) is 0 Å². The van der Waals surface area contributed by atoms with Crippen LogP contribution in [0.15, 0.2) is 4.79 Å². The van der Waals surface area contributed by atoms with E-state index in [1.807, 2.05) is 20.8 Å². The van der Waals surface area contributed by atoms with E-state index in [-0.39, 0.29) is 11.6 Å². The van der Waals surface area contributed by atoms with Crippen molar-refractivity contribution in [3.05, 3.63) is 21.6 Å². The molecule has 0 aliphatic heterocycles. The van der Waals surface area contributed by atoms with Crippen LogP contribution in [0.2, 0.25) is 0 Å². The number of nitrogens with zero attached hydrogens (tertiary/aromatic N) is 1. The van der Waals surface area contributed by atoms with E-state index in [2.05, 4.69) is 12.0 Å². The van der Waals surface area contributed by atoms with Gasteiger partial charge in [0, 0.05) is 17.3 Å². The minimum absolute atomic E-state index is 0.158. The van der Waals surface area contributed by atoms with Gasteiger partial charge in [0.25, 0.3) is 5.56 Å². The van der Waals surface area contributed by atoms with Crippen molar-refractivity contribution >= 4 is 0 Å². The zero-order chi connectivity index (χ0) is 10.7. The van der Waals surface area contributed by atoms with Crippen LogP contribution in [-0.2, 0) is 6.42 Å². The molecule has 0 atom stereocenters. The first kappa shape index (κ1) is 11.1. The van der Waals surface area contributed by atoms with Crippen LogP contribution < -0.4 is 5.56 Å². The first-order valence-corrected chi connectivity index (χ1v) is 5.37. The average Bonchev–Trinajstić information content (AvgIpc) is 2.40. The van der Waals surface area contributed by atoms with E-state index in [1.54, 1.807) is 4.68 Å². The summed E-state index contributed by atoms with van der Waals surface area (Å²) in [6.45, 7) is 8.15. The highest BCUT2D eigenvalue weighted by molar-refractivity contribution is 5.16.